The maximum Gasteiger partial charge on any atom is 0.0742 e. The van der Waals surface area contributed by atoms with Gasteiger partial charge in [0, 0.05) is 0 Å². The van der Waals surface area contributed by atoms with E-state index in [4.69, 9.17) is 52.1 Å². The number of nitrogens with two attached hydrogens (primary N) is 1. The van der Waals surface area contributed by atoms with Crippen LogP contribution >= 0.6 is 46.4 Å². The number of anilines is 3. The number of nitrogens with one attached hydrogen (secondary N) is 1. The Morgan fingerprint density at radius 3 is 2.17 bits per heavy atom. The van der Waals surface area contributed by atoms with E-state index in [1.54, 1.807) is 30.3 Å². The first kappa shape index (κ1) is 13.6. The highest BCUT2D eigenvalue weighted by molar-refractivity contribution is 6.44. The van der Waals surface area contributed by atoms with Crippen molar-refractivity contribution < 1.29 is 0 Å². The van der Waals surface area contributed by atoms with Crippen molar-refractivity contribution >= 4 is 63.5 Å². The molecular weight excluding hydrogens is 314 g/mol. The van der Waals surface area contributed by atoms with Gasteiger partial charge >= 0.3 is 0 Å². The van der Waals surface area contributed by atoms with Crippen LogP contribution in [0.2, 0.25) is 20.1 Å². The van der Waals surface area contributed by atoms with Gasteiger partial charge < -0.3 is 11.1 Å². The van der Waals surface area contributed by atoms with Crippen molar-refractivity contribution in [1.82, 2.24) is 0 Å². The molecule has 0 heterocycles. The Labute approximate surface area is 125 Å². The minimum absolute atomic E-state index is 0.395. The molecule has 0 atom stereocenters. The van der Waals surface area contributed by atoms with Crippen LogP contribution in [0.3, 0.4) is 0 Å². The van der Waals surface area contributed by atoms with Crippen LogP contribution in [-0.2, 0) is 0 Å². The summed E-state index contributed by atoms with van der Waals surface area (Å²) in [4.78, 5) is 0. The fraction of sp³-hybridized carbons (Fsp3) is 0. The first-order valence-electron chi connectivity index (χ1n) is 4.94. The summed E-state index contributed by atoms with van der Waals surface area (Å²) in [6.45, 7) is 0. The van der Waals surface area contributed by atoms with Gasteiger partial charge in [0.25, 0.3) is 0 Å². The lowest BCUT2D eigenvalue weighted by molar-refractivity contribution is 1.54. The zero-order chi connectivity index (χ0) is 13.3. The highest BCUT2D eigenvalue weighted by Gasteiger charge is 2.08. The van der Waals surface area contributed by atoms with Crippen LogP contribution in [0.15, 0.2) is 30.3 Å². The molecule has 0 aliphatic carbocycles. The van der Waals surface area contributed by atoms with E-state index in [1.165, 1.54) is 0 Å². The Kier molecular flexibility index (Phi) is 4.13. The summed E-state index contributed by atoms with van der Waals surface area (Å²) in [5.74, 6) is 0. The fourth-order valence-corrected chi connectivity index (χ4v) is 2.18. The van der Waals surface area contributed by atoms with Gasteiger partial charge in [-0.25, -0.2) is 0 Å². The van der Waals surface area contributed by atoms with E-state index in [2.05, 4.69) is 5.32 Å². The summed E-state index contributed by atoms with van der Waals surface area (Å²) in [6.07, 6.45) is 0. The molecule has 0 radical (unpaired) electrons. The van der Waals surface area contributed by atoms with Crippen molar-refractivity contribution in [2.75, 3.05) is 11.1 Å². The third-order valence-corrected chi connectivity index (χ3v) is 3.70. The third kappa shape index (κ3) is 2.78. The minimum Gasteiger partial charge on any atom is -0.396 e. The molecule has 0 aromatic heterocycles. The summed E-state index contributed by atoms with van der Waals surface area (Å²) in [5, 5.41) is 4.78. The molecule has 2 aromatic rings. The van der Waals surface area contributed by atoms with Crippen molar-refractivity contribution in [3.05, 3.63) is 50.4 Å². The van der Waals surface area contributed by atoms with Crippen LogP contribution in [0.5, 0.6) is 0 Å². The summed E-state index contributed by atoms with van der Waals surface area (Å²) in [7, 11) is 0. The molecule has 18 heavy (non-hydrogen) atoms. The molecule has 0 saturated heterocycles. The Morgan fingerprint density at radius 1 is 0.778 bits per heavy atom. The topological polar surface area (TPSA) is 38.0 Å². The number of rotatable bonds is 2. The van der Waals surface area contributed by atoms with E-state index in [1.807, 2.05) is 0 Å². The standard InChI is InChI=1S/C12H8Cl4N2/c13-6-2-1-3-10(12(6)17)18-11-5-8(15)7(14)4-9(11)16/h1-5,18H,17H2. The predicted octanol–water partition coefficient (Wildman–Crippen LogP) is 5.63. The predicted molar refractivity (Wildman–Crippen MR) is 80.6 cm³/mol. The fourth-order valence-electron chi connectivity index (χ4n) is 1.41. The molecule has 0 unspecified atom stereocenters. The van der Waals surface area contributed by atoms with Gasteiger partial charge in [0.1, 0.15) is 0 Å². The van der Waals surface area contributed by atoms with Gasteiger partial charge in [-0.15, -0.1) is 0 Å². The van der Waals surface area contributed by atoms with E-state index in [0.717, 1.165) is 0 Å². The maximum atomic E-state index is 6.06. The molecule has 0 saturated carbocycles. The molecule has 94 valence electrons. The van der Waals surface area contributed by atoms with E-state index in [9.17, 15) is 0 Å². The first-order valence-corrected chi connectivity index (χ1v) is 6.46. The second kappa shape index (κ2) is 5.45. The molecule has 2 rings (SSSR count). The zero-order valence-electron chi connectivity index (χ0n) is 8.98. The average Bonchev–Trinajstić information content (AvgIpc) is 2.32. The van der Waals surface area contributed by atoms with Crippen LogP contribution in [0.4, 0.5) is 17.1 Å². The highest BCUT2D eigenvalue weighted by atomic mass is 35.5. The van der Waals surface area contributed by atoms with E-state index in [-0.39, 0.29) is 0 Å². The molecule has 2 nitrogen and oxygen atoms in total. The largest absolute Gasteiger partial charge is 0.396 e. The molecule has 0 amide bonds. The van der Waals surface area contributed by atoms with Gasteiger partial charge in [0.15, 0.2) is 0 Å². The molecule has 0 fully saturated rings. The van der Waals surface area contributed by atoms with Crippen LogP contribution in [0, 0.1) is 0 Å². The van der Waals surface area contributed by atoms with Crippen molar-refractivity contribution in [2.45, 2.75) is 0 Å². The van der Waals surface area contributed by atoms with Gasteiger partial charge in [0.05, 0.1) is 37.2 Å². The van der Waals surface area contributed by atoms with Crippen molar-refractivity contribution in [3.63, 3.8) is 0 Å². The molecule has 6 heteroatoms. The monoisotopic (exact) mass is 320 g/mol. The molecule has 0 bridgehead atoms. The van der Waals surface area contributed by atoms with E-state index >= 15 is 0 Å². The third-order valence-electron chi connectivity index (χ3n) is 2.33. The molecule has 0 aliphatic heterocycles. The van der Waals surface area contributed by atoms with Crippen molar-refractivity contribution in [3.8, 4) is 0 Å². The quantitative estimate of drug-likeness (QED) is 0.556. The number of hydrogen-bond donors (Lipinski definition) is 2. The lowest BCUT2D eigenvalue weighted by Crippen LogP contribution is -1.97. The first-order chi connectivity index (χ1) is 8.49. The normalized spacial score (nSPS) is 10.4. The minimum atomic E-state index is 0.395. The summed E-state index contributed by atoms with van der Waals surface area (Å²) in [6, 6.07) is 8.48. The van der Waals surface area contributed by atoms with Crippen LogP contribution in [-0.4, -0.2) is 0 Å². The Bertz CT molecular complexity index is 599. The van der Waals surface area contributed by atoms with Gasteiger partial charge in [-0.2, -0.15) is 0 Å². The number of hydrogen-bond acceptors (Lipinski definition) is 2. The van der Waals surface area contributed by atoms with Gasteiger partial charge in [-0.1, -0.05) is 52.5 Å². The Balaban J connectivity index is 2.40. The van der Waals surface area contributed by atoms with E-state index < -0.39 is 0 Å². The highest BCUT2D eigenvalue weighted by Crippen LogP contribution is 2.36. The number of para-hydroxylation sites is 1. The molecule has 3 N–H and O–H groups in total. The van der Waals surface area contributed by atoms with Gasteiger partial charge in [-0.3, -0.25) is 0 Å². The lowest BCUT2D eigenvalue weighted by atomic mass is 10.2. The Hall–Kier alpha value is -0.800. The van der Waals surface area contributed by atoms with E-state index in [0.29, 0.717) is 37.2 Å². The molecule has 2 aromatic carbocycles. The SMILES string of the molecule is Nc1c(Cl)cccc1Nc1cc(Cl)c(Cl)cc1Cl. The lowest BCUT2D eigenvalue weighted by Gasteiger charge is -2.12. The van der Waals surface area contributed by atoms with Gasteiger partial charge in [-0.05, 0) is 24.3 Å². The second-order valence-corrected chi connectivity index (χ2v) is 5.20. The van der Waals surface area contributed by atoms with Crippen molar-refractivity contribution in [1.29, 1.82) is 0 Å². The number of halogens is 4. The van der Waals surface area contributed by atoms with Crippen LogP contribution in [0.1, 0.15) is 0 Å². The van der Waals surface area contributed by atoms with Gasteiger partial charge in [0.2, 0.25) is 0 Å². The summed E-state index contributed by atoms with van der Waals surface area (Å²) >= 11 is 23.8. The average molecular weight is 322 g/mol. The van der Waals surface area contributed by atoms with Crippen molar-refractivity contribution in [2.24, 2.45) is 0 Å². The Morgan fingerprint density at radius 2 is 1.44 bits per heavy atom. The second-order valence-electron chi connectivity index (χ2n) is 3.57. The smallest absolute Gasteiger partial charge is 0.0742 e. The molecular formula is C12H8Cl4N2. The zero-order valence-corrected chi connectivity index (χ0v) is 12.0. The molecule has 0 spiro atoms. The molecule has 0 aliphatic rings. The number of benzene rings is 2. The number of nitrogen functional groups attached to an aromatic ring is 1. The summed E-state index contributed by atoms with van der Waals surface area (Å²) < 4.78 is 0. The van der Waals surface area contributed by atoms with Crippen LogP contribution < -0.4 is 11.1 Å². The maximum absolute atomic E-state index is 6.06. The van der Waals surface area contributed by atoms with Crippen LogP contribution in [0.25, 0.3) is 0 Å². The summed E-state index contributed by atoms with van der Waals surface area (Å²) in [5.41, 5.74) is 7.56.